The monoisotopic (exact) mass is 324 g/mol. The van der Waals surface area contributed by atoms with Crippen molar-refractivity contribution in [3.8, 4) is 5.69 Å². The minimum absolute atomic E-state index is 0.741. The molecule has 1 heterocycles. The van der Waals surface area contributed by atoms with Gasteiger partial charge in [-0.25, -0.2) is 0 Å². The van der Waals surface area contributed by atoms with Gasteiger partial charge in [-0.05, 0) is 45.9 Å². The Hall–Kier alpha value is -1.14. The largest absolute Gasteiger partial charge is 0.214 e. The molecule has 1 aromatic carbocycles. The van der Waals surface area contributed by atoms with Crippen LogP contribution >= 0.6 is 27.7 Å². The molecule has 6 heteroatoms. The molecule has 0 bridgehead atoms. The van der Waals surface area contributed by atoms with Gasteiger partial charge in [0.25, 0.3) is 0 Å². The molecule has 1 aromatic heterocycles. The van der Waals surface area contributed by atoms with Crippen molar-refractivity contribution in [2.24, 2.45) is 0 Å². The molecule has 0 atom stereocenters. The summed E-state index contributed by atoms with van der Waals surface area (Å²) in [6.07, 6.45) is 0. The van der Waals surface area contributed by atoms with Gasteiger partial charge in [0.05, 0.1) is 5.69 Å². The third-order valence-corrected chi connectivity index (χ3v) is 4.26. The van der Waals surface area contributed by atoms with Gasteiger partial charge < -0.3 is 0 Å². The van der Waals surface area contributed by atoms with Crippen molar-refractivity contribution in [1.29, 1.82) is 0 Å². The summed E-state index contributed by atoms with van der Waals surface area (Å²) in [5, 5.41) is 12.6. The number of benzene rings is 1. The van der Waals surface area contributed by atoms with Crippen molar-refractivity contribution in [1.82, 2.24) is 20.2 Å². The Balaban J connectivity index is 2.36. The first-order chi connectivity index (χ1) is 8.59. The van der Waals surface area contributed by atoms with E-state index in [1.54, 1.807) is 16.4 Å². The number of aryl methyl sites for hydroxylation is 1. The molecule has 4 nitrogen and oxygen atoms in total. The van der Waals surface area contributed by atoms with Crippen molar-refractivity contribution < 1.29 is 0 Å². The Morgan fingerprint density at radius 3 is 2.94 bits per heavy atom. The van der Waals surface area contributed by atoms with Gasteiger partial charge in [-0.15, -0.1) is 5.10 Å². The molecule has 0 unspecified atom stereocenters. The van der Waals surface area contributed by atoms with E-state index < -0.39 is 0 Å². The molecule has 94 valence electrons. The summed E-state index contributed by atoms with van der Waals surface area (Å²) in [6.45, 7) is 7.96. The van der Waals surface area contributed by atoms with Crippen LogP contribution in [0.1, 0.15) is 11.1 Å². The van der Waals surface area contributed by atoms with Crippen LogP contribution in [0, 0.1) is 13.8 Å². The fraction of sp³-hybridized carbons (Fsp3) is 0.250. The zero-order chi connectivity index (χ0) is 13.1. The molecule has 2 rings (SSSR count). The maximum Gasteiger partial charge on any atom is 0.214 e. The van der Waals surface area contributed by atoms with Crippen LogP contribution in [0.3, 0.4) is 0 Å². The van der Waals surface area contributed by atoms with Gasteiger partial charge in [0, 0.05) is 5.75 Å². The molecule has 0 aliphatic carbocycles. The van der Waals surface area contributed by atoms with Crippen LogP contribution in [-0.2, 0) is 0 Å². The first-order valence-electron chi connectivity index (χ1n) is 5.40. The van der Waals surface area contributed by atoms with Crippen molar-refractivity contribution in [3.05, 3.63) is 40.4 Å². The average Bonchev–Trinajstić information content (AvgIpc) is 2.78. The van der Waals surface area contributed by atoms with E-state index in [0.717, 1.165) is 21.1 Å². The number of aromatic nitrogens is 4. The van der Waals surface area contributed by atoms with Gasteiger partial charge in [-0.1, -0.05) is 46.4 Å². The molecule has 0 saturated carbocycles. The summed E-state index contributed by atoms with van der Waals surface area (Å²) in [5.74, 6) is 0.741. The van der Waals surface area contributed by atoms with Crippen LogP contribution in [-0.4, -0.2) is 26.0 Å². The number of halogens is 1. The SMILES string of the molecule is C=C(Br)CSc1nnnn1-c1cccc(C)c1C. The first-order valence-corrected chi connectivity index (χ1v) is 7.18. The molecule has 2 aromatic rings. The molecule has 0 fully saturated rings. The van der Waals surface area contributed by atoms with E-state index in [1.807, 2.05) is 12.1 Å². The second kappa shape index (κ2) is 5.67. The fourth-order valence-corrected chi connectivity index (χ4v) is 2.51. The maximum absolute atomic E-state index is 4.06. The molecule has 0 N–H and O–H groups in total. The van der Waals surface area contributed by atoms with Gasteiger partial charge in [-0.3, -0.25) is 0 Å². The number of rotatable bonds is 4. The lowest BCUT2D eigenvalue weighted by atomic mass is 10.1. The molecular weight excluding hydrogens is 312 g/mol. The highest BCUT2D eigenvalue weighted by atomic mass is 79.9. The Labute approximate surface area is 119 Å². The van der Waals surface area contributed by atoms with Crippen molar-refractivity contribution >= 4 is 27.7 Å². The average molecular weight is 325 g/mol. The summed E-state index contributed by atoms with van der Waals surface area (Å²) < 4.78 is 2.69. The zero-order valence-electron chi connectivity index (χ0n) is 10.2. The first kappa shape index (κ1) is 13.3. The van der Waals surface area contributed by atoms with Crippen molar-refractivity contribution in [3.63, 3.8) is 0 Å². The van der Waals surface area contributed by atoms with Crippen molar-refractivity contribution in [2.45, 2.75) is 19.0 Å². The molecule has 0 amide bonds. The number of tetrazole rings is 1. The lowest BCUT2D eigenvalue weighted by Crippen LogP contribution is -2.02. The summed E-state index contributed by atoms with van der Waals surface area (Å²) in [4.78, 5) is 0. The molecule has 18 heavy (non-hydrogen) atoms. The number of thioether (sulfide) groups is 1. The highest BCUT2D eigenvalue weighted by Gasteiger charge is 2.11. The van der Waals surface area contributed by atoms with Crippen molar-refractivity contribution in [2.75, 3.05) is 5.75 Å². The fourth-order valence-electron chi connectivity index (χ4n) is 1.53. The van der Waals surface area contributed by atoms with Gasteiger partial charge in [0.2, 0.25) is 5.16 Å². The Morgan fingerprint density at radius 2 is 2.22 bits per heavy atom. The topological polar surface area (TPSA) is 43.6 Å². The van der Waals surface area contributed by atoms with Crippen LogP contribution in [0.25, 0.3) is 5.69 Å². The van der Waals surface area contributed by atoms with E-state index in [4.69, 9.17) is 0 Å². The van der Waals surface area contributed by atoms with E-state index in [0.29, 0.717) is 0 Å². The van der Waals surface area contributed by atoms with Crippen LogP contribution in [0.4, 0.5) is 0 Å². The predicted molar refractivity (Wildman–Crippen MR) is 77.4 cm³/mol. The number of nitrogens with zero attached hydrogens (tertiary/aromatic N) is 4. The van der Waals surface area contributed by atoms with Gasteiger partial charge >= 0.3 is 0 Å². The predicted octanol–water partition coefficient (Wildman–Crippen LogP) is 3.28. The van der Waals surface area contributed by atoms with Gasteiger partial charge in [0.15, 0.2) is 0 Å². The summed E-state index contributed by atoms with van der Waals surface area (Å²) in [7, 11) is 0. The quantitative estimate of drug-likeness (QED) is 0.809. The zero-order valence-corrected chi connectivity index (χ0v) is 12.6. The maximum atomic E-state index is 4.06. The molecule has 0 spiro atoms. The summed E-state index contributed by atoms with van der Waals surface area (Å²) in [6, 6.07) is 6.11. The second-order valence-electron chi connectivity index (χ2n) is 3.90. The lowest BCUT2D eigenvalue weighted by molar-refractivity contribution is 0.751. The van der Waals surface area contributed by atoms with Crippen LogP contribution in [0.2, 0.25) is 0 Å². The van der Waals surface area contributed by atoms with E-state index in [2.05, 4.69) is 57.9 Å². The molecule has 0 saturated heterocycles. The van der Waals surface area contributed by atoms with Crippen LogP contribution < -0.4 is 0 Å². The molecule has 0 aliphatic heterocycles. The standard InChI is InChI=1S/C12H13BrN4S/c1-8-5-4-6-11(10(8)3)17-12(14-15-16-17)18-7-9(2)13/h4-6H,2,7H2,1,3H3. The number of hydrogen-bond acceptors (Lipinski definition) is 4. The smallest absolute Gasteiger partial charge is 0.187 e. The normalized spacial score (nSPS) is 10.6. The third kappa shape index (κ3) is 2.81. The molecule has 0 radical (unpaired) electrons. The van der Waals surface area contributed by atoms with E-state index >= 15 is 0 Å². The molecular formula is C12H13BrN4S. The minimum Gasteiger partial charge on any atom is -0.187 e. The number of hydrogen-bond donors (Lipinski definition) is 0. The lowest BCUT2D eigenvalue weighted by Gasteiger charge is -2.09. The van der Waals surface area contributed by atoms with E-state index in [9.17, 15) is 0 Å². The summed E-state index contributed by atoms with van der Waals surface area (Å²) >= 11 is 4.89. The Bertz CT molecular complexity index is 579. The third-order valence-electron chi connectivity index (χ3n) is 2.60. The highest BCUT2D eigenvalue weighted by molar-refractivity contribution is 9.11. The molecule has 0 aliphatic rings. The minimum atomic E-state index is 0.741. The van der Waals surface area contributed by atoms with Crippen LogP contribution in [0.5, 0.6) is 0 Å². The second-order valence-corrected chi connectivity index (χ2v) is 5.96. The Morgan fingerprint density at radius 1 is 1.44 bits per heavy atom. The highest BCUT2D eigenvalue weighted by Crippen LogP contribution is 2.24. The Kier molecular flexibility index (Phi) is 4.19. The van der Waals surface area contributed by atoms with E-state index in [1.165, 1.54) is 11.1 Å². The van der Waals surface area contributed by atoms with Crippen LogP contribution in [0.15, 0.2) is 34.4 Å². The summed E-state index contributed by atoms with van der Waals surface area (Å²) in [5.41, 5.74) is 3.43. The van der Waals surface area contributed by atoms with Gasteiger partial charge in [0.1, 0.15) is 0 Å². The van der Waals surface area contributed by atoms with E-state index in [-0.39, 0.29) is 0 Å². The van der Waals surface area contributed by atoms with Gasteiger partial charge in [-0.2, -0.15) is 4.68 Å².